The Morgan fingerprint density at radius 1 is 1.24 bits per heavy atom. The standard InChI is InChI=1S/C13H11ClF3N3O/c1-21-10-6-8(2-3-9(10)14)19-12-5-7(13(15,16)17)4-11(18)20-12/h2-6H,1H3,(H3,18,19,20). The fraction of sp³-hybridized carbons (Fsp3) is 0.154. The van der Waals surface area contributed by atoms with Crippen molar-refractivity contribution in [2.45, 2.75) is 6.18 Å². The number of nitrogens with zero attached hydrogens (tertiary/aromatic N) is 1. The van der Waals surface area contributed by atoms with Gasteiger partial charge in [0.15, 0.2) is 0 Å². The van der Waals surface area contributed by atoms with Crippen LogP contribution in [0, 0.1) is 0 Å². The molecule has 0 amide bonds. The number of nitrogens with two attached hydrogens (primary N) is 1. The molecule has 4 nitrogen and oxygen atoms in total. The van der Waals surface area contributed by atoms with Crippen LogP contribution in [0.25, 0.3) is 0 Å². The first kappa shape index (κ1) is 15.2. The highest BCUT2D eigenvalue weighted by atomic mass is 35.5. The maximum Gasteiger partial charge on any atom is 0.416 e. The molecule has 0 aliphatic carbocycles. The van der Waals surface area contributed by atoms with Gasteiger partial charge in [-0.1, -0.05) is 11.6 Å². The number of nitrogen functional groups attached to an aromatic ring is 1. The van der Waals surface area contributed by atoms with Crippen molar-refractivity contribution in [3.63, 3.8) is 0 Å². The Morgan fingerprint density at radius 3 is 2.57 bits per heavy atom. The molecule has 21 heavy (non-hydrogen) atoms. The van der Waals surface area contributed by atoms with Crippen LogP contribution in [-0.4, -0.2) is 12.1 Å². The molecule has 0 atom stereocenters. The summed E-state index contributed by atoms with van der Waals surface area (Å²) in [6.07, 6.45) is -4.49. The van der Waals surface area contributed by atoms with Crippen LogP contribution in [0.5, 0.6) is 5.75 Å². The highest BCUT2D eigenvalue weighted by Gasteiger charge is 2.31. The monoisotopic (exact) mass is 317 g/mol. The second kappa shape index (κ2) is 5.69. The molecule has 0 aliphatic rings. The Morgan fingerprint density at radius 2 is 1.95 bits per heavy atom. The van der Waals surface area contributed by atoms with Gasteiger partial charge < -0.3 is 15.8 Å². The van der Waals surface area contributed by atoms with Crippen molar-refractivity contribution < 1.29 is 17.9 Å². The molecule has 0 fully saturated rings. The molecule has 1 heterocycles. The summed E-state index contributed by atoms with van der Waals surface area (Å²) < 4.78 is 43.2. The number of benzene rings is 1. The summed E-state index contributed by atoms with van der Waals surface area (Å²) in [5.41, 5.74) is 4.99. The molecule has 1 aromatic carbocycles. The third kappa shape index (κ3) is 3.69. The van der Waals surface area contributed by atoms with Gasteiger partial charge in [0.1, 0.15) is 17.4 Å². The minimum atomic E-state index is -4.49. The van der Waals surface area contributed by atoms with E-state index in [4.69, 9.17) is 22.1 Å². The SMILES string of the molecule is COc1cc(Nc2cc(C(F)(F)F)cc(N)n2)ccc1Cl. The van der Waals surface area contributed by atoms with Crippen molar-refractivity contribution in [1.82, 2.24) is 4.98 Å². The molecular weight excluding hydrogens is 307 g/mol. The lowest BCUT2D eigenvalue weighted by Crippen LogP contribution is -2.08. The molecule has 8 heteroatoms. The van der Waals surface area contributed by atoms with Crippen LogP contribution in [0.4, 0.5) is 30.5 Å². The van der Waals surface area contributed by atoms with Crippen molar-refractivity contribution in [1.29, 1.82) is 0 Å². The van der Waals surface area contributed by atoms with E-state index in [1.54, 1.807) is 18.2 Å². The predicted octanol–water partition coefficient (Wildman–Crippen LogP) is 4.09. The summed E-state index contributed by atoms with van der Waals surface area (Å²) in [5.74, 6) is 0.140. The van der Waals surface area contributed by atoms with Crippen LogP contribution in [0.1, 0.15) is 5.56 Å². The van der Waals surface area contributed by atoms with E-state index in [0.29, 0.717) is 16.5 Å². The van der Waals surface area contributed by atoms with Crippen LogP contribution in [0.3, 0.4) is 0 Å². The Balaban J connectivity index is 2.33. The minimum Gasteiger partial charge on any atom is -0.495 e. The molecule has 0 radical (unpaired) electrons. The van der Waals surface area contributed by atoms with E-state index in [1.165, 1.54) is 7.11 Å². The minimum absolute atomic E-state index is 0.0216. The molecule has 0 spiro atoms. The van der Waals surface area contributed by atoms with Gasteiger partial charge >= 0.3 is 6.18 Å². The molecule has 0 bridgehead atoms. The van der Waals surface area contributed by atoms with Gasteiger partial charge in [-0.3, -0.25) is 0 Å². The average molecular weight is 318 g/mol. The van der Waals surface area contributed by atoms with Gasteiger partial charge in [0.2, 0.25) is 0 Å². The molecule has 2 rings (SSSR count). The first-order valence-corrected chi connectivity index (χ1v) is 6.12. The van der Waals surface area contributed by atoms with E-state index in [1.807, 2.05) is 0 Å². The van der Waals surface area contributed by atoms with Gasteiger partial charge in [-0.05, 0) is 24.3 Å². The molecule has 0 saturated heterocycles. The third-order valence-corrected chi connectivity index (χ3v) is 2.91. The summed E-state index contributed by atoms with van der Waals surface area (Å²) in [7, 11) is 1.44. The number of methoxy groups -OCH3 is 1. The van der Waals surface area contributed by atoms with Crippen LogP contribution in [-0.2, 0) is 6.18 Å². The molecular formula is C13H11ClF3N3O. The first-order valence-electron chi connectivity index (χ1n) is 5.75. The van der Waals surface area contributed by atoms with Gasteiger partial charge in [0.05, 0.1) is 17.7 Å². The summed E-state index contributed by atoms with van der Waals surface area (Å²) in [5, 5.41) is 3.12. The lowest BCUT2D eigenvalue weighted by atomic mass is 10.2. The van der Waals surface area contributed by atoms with E-state index in [-0.39, 0.29) is 11.6 Å². The van der Waals surface area contributed by atoms with Crippen LogP contribution in [0.15, 0.2) is 30.3 Å². The van der Waals surface area contributed by atoms with E-state index in [9.17, 15) is 13.2 Å². The normalized spacial score (nSPS) is 11.3. The van der Waals surface area contributed by atoms with Gasteiger partial charge in [0.25, 0.3) is 0 Å². The number of hydrogen-bond acceptors (Lipinski definition) is 4. The van der Waals surface area contributed by atoms with E-state index in [0.717, 1.165) is 12.1 Å². The van der Waals surface area contributed by atoms with E-state index >= 15 is 0 Å². The van der Waals surface area contributed by atoms with E-state index in [2.05, 4.69) is 10.3 Å². The van der Waals surface area contributed by atoms with E-state index < -0.39 is 11.7 Å². The first-order chi connectivity index (χ1) is 9.79. The molecule has 0 aliphatic heterocycles. The lowest BCUT2D eigenvalue weighted by Gasteiger charge is -2.12. The maximum atomic E-state index is 12.7. The maximum absolute atomic E-state index is 12.7. The number of halogens is 4. The zero-order chi connectivity index (χ0) is 15.6. The third-order valence-electron chi connectivity index (χ3n) is 2.60. The smallest absolute Gasteiger partial charge is 0.416 e. The molecule has 0 unspecified atom stereocenters. The fourth-order valence-electron chi connectivity index (χ4n) is 1.67. The van der Waals surface area contributed by atoms with Crippen LogP contribution < -0.4 is 15.8 Å². The van der Waals surface area contributed by atoms with Crippen molar-refractivity contribution in [2.75, 3.05) is 18.2 Å². The Hall–Kier alpha value is -2.15. The highest BCUT2D eigenvalue weighted by Crippen LogP contribution is 2.33. The number of anilines is 3. The van der Waals surface area contributed by atoms with Crippen LogP contribution in [0.2, 0.25) is 5.02 Å². The van der Waals surface area contributed by atoms with Crippen LogP contribution >= 0.6 is 11.6 Å². The molecule has 2 aromatic rings. The number of nitrogens with one attached hydrogen (secondary N) is 1. The Kier molecular flexibility index (Phi) is 4.13. The van der Waals surface area contributed by atoms with Gasteiger partial charge in [0, 0.05) is 11.8 Å². The second-order valence-electron chi connectivity index (χ2n) is 4.14. The van der Waals surface area contributed by atoms with Gasteiger partial charge in [-0.25, -0.2) is 4.98 Å². The van der Waals surface area contributed by atoms with Crippen molar-refractivity contribution in [3.8, 4) is 5.75 Å². The van der Waals surface area contributed by atoms with Crippen molar-refractivity contribution >= 4 is 28.9 Å². The summed E-state index contributed by atoms with van der Waals surface area (Å²) in [4.78, 5) is 3.81. The van der Waals surface area contributed by atoms with Crippen molar-refractivity contribution in [2.24, 2.45) is 0 Å². The highest BCUT2D eigenvalue weighted by molar-refractivity contribution is 6.32. The summed E-state index contributed by atoms with van der Waals surface area (Å²) in [6, 6.07) is 6.33. The topological polar surface area (TPSA) is 60.2 Å². The zero-order valence-corrected chi connectivity index (χ0v) is 11.6. The number of pyridine rings is 1. The number of rotatable bonds is 3. The predicted molar refractivity (Wildman–Crippen MR) is 74.9 cm³/mol. The molecule has 0 saturated carbocycles. The quantitative estimate of drug-likeness (QED) is 0.895. The Bertz CT molecular complexity index is 662. The van der Waals surface area contributed by atoms with Gasteiger partial charge in [-0.15, -0.1) is 0 Å². The van der Waals surface area contributed by atoms with Gasteiger partial charge in [-0.2, -0.15) is 13.2 Å². The van der Waals surface area contributed by atoms with Crippen molar-refractivity contribution in [3.05, 3.63) is 40.9 Å². The number of hydrogen-bond donors (Lipinski definition) is 2. The summed E-state index contributed by atoms with van der Waals surface area (Å²) in [6.45, 7) is 0. The average Bonchev–Trinajstić information content (AvgIpc) is 2.39. The fourth-order valence-corrected chi connectivity index (χ4v) is 1.86. The second-order valence-corrected chi connectivity index (χ2v) is 4.55. The Labute approximate surface area is 123 Å². The molecule has 1 aromatic heterocycles. The largest absolute Gasteiger partial charge is 0.495 e. The number of ether oxygens (including phenoxy) is 1. The molecule has 3 N–H and O–H groups in total. The number of alkyl halides is 3. The number of aromatic nitrogens is 1. The summed E-state index contributed by atoms with van der Waals surface area (Å²) >= 11 is 5.87. The zero-order valence-electron chi connectivity index (χ0n) is 10.8. The lowest BCUT2D eigenvalue weighted by molar-refractivity contribution is -0.137. The molecule has 112 valence electrons.